The van der Waals surface area contributed by atoms with E-state index in [1.54, 1.807) is 0 Å². The maximum Gasteiger partial charge on any atom is 0.260 e. The first-order chi connectivity index (χ1) is 7.14. The number of pyridine rings is 1. The molecule has 0 amide bonds. The van der Waals surface area contributed by atoms with Gasteiger partial charge in [-0.15, -0.1) is 0 Å². The minimum Gasteiger partial charge on any atom is -0.242 e. The Kier molecular flexibility index (Phi) is 2.42. The molecule has 0 spiro atoms. The Labute approximate surface area is 88.0 Å². The summed E-state index contributed by atoms with van der Waals surface area (Å²) in [5.41, 5.74) is 0.359. The highest BCUT2D eigenvalue weighted by Crippen LogP contribution is 2.19. The van der Waals surface area contributed by atoms with E-state index in [4.69, 9.17) is 5.26 Å². The van der Waals surface area contributed by atoms with Crippen molar-refractivity contribution in [3.05, 3.63) is 23.9 Å². The molecule has 0 bridgehead atoms. The zero-order valence-electron chi connectivity index (χ0n) is 7.92. The quantitative estimate of drug-likeness (QED) is 0.725. The standard InChI is InChI=1S/C9H9N3O2S/c10-6-8-2-3-9(11-7-8)15(13,14)12-4-1-5-12/h2-3,7H,1,4-5H2. The molecule has 1 aromatic heterocycles. The van der Waals surface area contributed by atoms with Crippen LogP contribution in [0, 0.1) is 11.3 Å². The van der Waals surface area contributed by atoms with Gasteiger partial charge in [-0.2, -0.15) is 9.57 Å². The first-order valence-electron chi connectivity index (χ1n) is 4.51. The second-order valence-corrected chi connectivity index (χ2v) is 5.14. The van der Waals surface area contributed by atoms with Gasteiger partial charge in [0.1, 0.15) is 6.07 Å². The first kappa shape index (κ1) is 10.1. The summed E-state index contributed by atoms with van der Waals surface area (Å²) < 4.78 is 25.0. The predicted molar refractivity (Wildman–Crippen MR) is 52.3 cm³/mol. The third-order valence-corrected chi connectivity index (χ3v) is 4.10. The molecule has 0 atom stereocenters. The Morgan fingerprint density at radius 2 is 2.13 bits per heavy atom. The van der Waals surface area contributed by atoms with Crippen molar-refractivity contribution in [2.45, 2.75) is 11.4 Å². The summed E-state index contributed by atoms with van der Waals surface area (Å²) >= 11 is 0. The van der Waals surface area contributed by atoms with Crippen molar-refractivity contribution in [1.29, 1.82) is 5.26 Å². The van der Waals surface area contributed by atoms with E-state index in [-0.39, 0.29) is 5.03 Å². The van der Waals surface area contributed by atoms with Gasteiger partial charge in [-0.05, 0) is 18.6 Å². The predicted octanol–water partition coefficient (Wildman–Crippen LogP) is 0.348. The third-order valence-electron chi connectivity index (χ3n) is 2.28. The molecular weight excluding hydrogens is 214 g/mol. The highest BCUT2D eigenvalue weighted by Gasteiger charge is 2.30. The van der Waals surface area contributed by atoms with Crippen molar-refractivity contribution >= 4 is 10.0 Å². The van der Waals surface area contributed by atoms with Crippen molar-refractivity contribution in [3.8, 4) is 6.07 Å². The number of hydrogen-bond acceptors (Lipinski definition) is 4. The van der Waals surface area contributed by atoms with Crippen LogP contribution in [-0.2, 0) is 10.0 Å². The van der Waals surface area contributed by atoms with E-state index >= 15 is 0 Å². The summed E-state index contributed by atoms with van der Waals surface area (Å²) in [5, 5.41) is 8.56. The first-order valence-corrected chi connectivity index (χ1v) is 5.95. The fourth-order valence-electron chi connectivity index (χ4n) is 1.26. The number of rotatable bonds is 2. The summed E-state index contributed by atoms with van der Waals surface area (Å²) in [4.78, 5) is 3.77. The summed E-state index contributed by atoms with van der Waals surface area (Å²) in [6, 6.07) is 4.72. The molecule has 2 rings (SSSR count). The van der Waals surface area contributed by atoms with Crippen LogP contribution >= 0.6 is 0 Å². The Hall–Kier alpha value is -1.45. The van der Waals surface area contributed by atoms with Crippen molar-refractivity contribution in [1.82, 2.24) is 9.29 Å². The van der Waals surface area contributed by atoms with Crippen LogP contribution in [0.2, 0.25) is 0 Å². The smallest absolute Gasteiger partial charge is 0.242 e. The molecule has 0 aromatic carbocycles. The number of hydrogen-bond donors (Lipinski definition) is 0. The van der Waals surface area contributed by atoms with Crippen molar-refractivity contribution in [3.63, 3.8) is 0 Å². The van der Waals surface area contributed by atoms with Gasteiger partial charge in [0, 0.05) is 19.3 Å². The molecule has 78 valence electrons. The van der Waals surface area contributed by atoms with Crippen molar-refractivity contribution in [2.75, 3.05) is 13.1 Å². The average molecular weight is 223 g/mol. The summed E-state index contributed by atoms with van der Waals surface area (Å²) in [6.07, 6.45) is 2.17. The van der Waals surface area contributed by atoms with Crippen LogP contribution in [-0.4, -0.2) is 30.8 Å². The van der Waals surface area contributed by atoms with E-state index in [1.165, 1.54) is 22.6 Å². The zero-order chi connectivity index (χ0) is 10.9. The number of nitrogens with zero attached hydrogens (tertiary/aromatic N) is 3. The molecule has 0 aliphatic carbocycles. The minimum atomic E-state index is -3.41. The number of aromatic nitrogens is 1. The molecule has 5 nitrogen and oxygen atoms in total. The van der Waals surface area contributed by atoms with E-state index < -0.39 is 10.0 Å². The fraction of sp³-hybridized carbons (Fsp3) is 0.333. The summed E-state index contributed by atoms with van der Waals surface area (Å²) in [7, 11) is -3.41. The van der Waals surface area contributed by atoms with Crippen LogP contribution in [0.15, 0.2) is 23.4 Å². The van der Waals surface area contributed by atoms with Crippen LogP contribution in [0.1, 0.15) is 12.0 Å². The van der Waals surface area contributed by atoms with Gasteiger partial charge in [-0.25, -0.2) is 13.4 Å². The summed E-state index contributed by atoms with van der Waals surface area (Å²) in [5.74, 6) is 0. The lowest BCUT2D eigenvalue weighted by Crippen LogP contribution is -2.42. The Morgan fingerprint density at radius 3 is 2.53 bits per heavy atom. The van der Waals surface area contributed by atoms with Gasteiger partial charge in [0.25, 0.3) is 10.0 Å². The van der Waals surface area contributed by atoms with Gasteiger partial charge in [-0.3, -0.25) is 0 Å². The van der Waals surface area contributed by atoms with Crippen LogP contribution in [0.3, 0.4) is 0 Å². The van der Waals surface area contributed by atoms with Crippen molar-refractivity contribution < 1.29 is 8.42 Å². The van der Waals surface area contributed by atoms with Gasteiger partial charge < -0.3 is 0 Å². The maximum atomic E-state index is 11.8. The largest absolute Gasteiger partial charge is 0.260 e. The SMILES string of the molecule is N#Cc1ccc(S(=O)(=O)N2CCC2)nc1. The lowest BCUT2D eigenvalue weighted by atomic mass is 10.3. The molecule has 1 aromatic rings. The second kappa shape index (κ2) is 3.61. The van der Waals surface area contributed by atoms with Crippen LogP contribution < -0.4 is 0 Å². The molecule has 1 saturated heterocycles. The monoisotopic (exact) mass is 223 g/mol. The number of sulfonamides is 1. The molecule has 6 heteroatoms. The molecule has 1 aliphatic rings. The molecule has 0 saturated carbocycles. The van der Waals surface area contributed by atoms with Crippen molar-refractivity contribution in [2.24, 2.45) is 0 Å². The molecule has 1 fully saturated rings. The van der Waals surface area contributed by atoms with Crippen LogP contribution in [0.25, 0.3) is 0 Å². The van der Waals surface area contributed by atoms with E-state index in [9.17, 15) is 8.42 Å². The lowest BCUT2D eigenvalue weighted by molar-refractivity contribution is 0.308. The normalized spacial score (nSPS) is 16.7. The summed E-state index contributed by atoms with van der Waals surface area (Å²) in [6.45, 7) is 1.12. The number of nitriles is 1. The average Bonchev–Trinajstić information content (AvgIpc) is 2.14. The highest BCUT2D eigenvalue weighted by molar-refractivity contribution is 7.89. The Bertz CT molecular complexity index is 497. The molecular formula is C9H9N3O2S. The highest BCUT2D eigenvalue weighted by atomic mass is 32.2. The third kappa shape index (κ3) is 1.71. The van der Waals surface area contributed by atoms with Gasteiger partial charge >= 0.3 is 0 Å². The lowest BCUT2D eigenvalue weighted by Gasteiger charge is -2.29. The van der Waals surface area contributed by atoms with Gasteiger partial charge in [-0.1, -0.05) is 0 Å². The second-order valence-electron chi connectivity index (χ2n) is 3.25. The Morgan fingerprint density at radius 1 is 1.40 bits per heavy atom. The molecule has 0 radical (unpaired) electrons. The van der Waals surface area contributed by atoms with Gasteiger partial charge in [0.2, 0.25) is 0 Å². The zero-order valence-corrected chi connectivity index (χ0v) is 8.74. The minimum absolute atomic E-state index is 0.0150. The van der Waals surface area contributed by atoms with E-state index in [0.717, 1.165) is 6.42 Å². The topological polar surface area (TPSA) is 74.1 Å². The van der Waals surface area contributed by atoms with Crippen LogP contribution in [0.4, 0.5) is 0 Å². The van der Waals surface area contributed by atoms with Crippen LogP contribution in [0.5, 0.6) is 0 Å². The molecule has 15 heavy (non-hydrogen) atoms. The fourth-order valence-corrected chi connectivity index (χ4v) is 2.69. The molecule has 0 unspecified atom stereocenters. The van der Waals surface area contributed by atoms with E-state index in [1.807, 2.05) is 6.07 Å². The Balaban J connectivity index is 2.33. The molecule has 0 N–H and O–H groups in total. The van der Waals surface area contributed by atoms with Gasteiger partial charge in [0.15, 0.2) is 5.03 Å². The molecule has 2 heterocycles. The maximum absolute atomic E-state index is 11.8. The van der Waals surface area contributed by atoms with Gasteiger partial charge in [0.05, 0.1) is 5.56 Å². The van der Waals surface area contributed by atoms with E-state index in [2.05, 4.69) is 4.98 Å². The van der Waals surface area contributed by atoms with E-state index in [0.29, 0.717) is 18.7 Å². The molecule has 1 aliphatic heterocycles.